The molecule has 2 heterocycles. The number of esters is 2. The Kier molecular flexibility index (Phi) is 11.4. The zero-order valence-electron chi connectivity index (χ0n) is 19.5. The fourth-order valence-corrected chi connectivity index (χ4v) is 5.46. The summed E-state index contributed by atoms with van der Waals surface area (Å²) in [5, 5.41) is 0. The van der Waals surface area contributed by atoms with Crippen molar-refractivity contribution >= 4 is 80.4 Å². The summed E-state index contributed by atoms with van der Waals surface area (Å²) in [4.78, 5) is 56.4. The quantitative estimate of drug-likeness (QED) is 0.197. The van der Waals surface area contributed by atoms with Crippen LogP contribution in [0.15, 0.2) is 9.81 Å². The van der Waals surface area contributed by atoms with E-state index in [1.807, 2.05) is 38.0 Å². The third-order valence-electron chi connectivity index (χ3n) is 4.59. The lowest BCUT2D eigenvalue weighted by Crippen LogP contribution is -2.32. The van der Waals surface area contributed by atoms with Gasteiger partial charge in [0.2, 0.25) is 0 Å². The highest BCUT2D eigenvalue weighted by atomic mass is 32.2. The van der Waals surface area contributed by atoms with Gasteiger partial charge in [0.1, 0.15) is 21.9 Å². The molecule has 2 rings (SSSR count). The lowest BCUT2D eigenvalue weighted by Gasteiger charge is -2.15. The Balaban J connectivity index is 1.93. The van der Waals surface area contributed by atoms with Crippen LogP contribution < -0.4 is 0 Å². The highest BCUT2D eigenvalue weighted by molar-refractivity contribution is 8.29. The van der Waals surface area contributed by atoms with E-state index in [-0.39, 0.29) is 57.6 Å². The Hall–Kier alpha value is -1.58. The van der Waals surface area contributed by atoms with Crippen LogP contribution in [0.1, 0.15) is 12.8 Å². The number of amides is 2. The lowest BCUT2D eigenvalue weighted by molar-refractivity contribution is -0.145. The predicted octanol–water partition coefficient (Wildman–Crippen LogP) is 0.908. The van der Waals surface area contributed by atoms with E-state index >= 15 is 0 Å². The molecule has 0 aromatic heterocycles. The van der Waals surface area contributed by atoms with Crippen molar-refractivity contribution in [3.05, 3.63) is 9.81 Å². The zero-order valence-corrected chi connectivity index (χ0v) is 22.8. The van der Waals surface area contributed by atoms with Gasteiger partial charge in [-0.2, -0.15) is 0 Å². The monoisotopic (exact) mass is 548 g/mol. The van der Waals surface area contributed by atoms with Crippen LogP contribution in [0.4, 0.5) is 0 Å². The van der Waals surface area contributed by atoms with Gasteiger partial charge in [0.05, 0.1) is 22.7 Å². The largest absolute Gasteiger partial charge is 0.464 e. The van der Waals surface area contributed by atoms with Crippen molar-refractivity contribution in [2.75, 3.05) is 67.6 Å². The average molecular weight is 549 g/mol. The smallest absolute Gasteiger partial charge is 0.307 e. The third-order valence-corrected chi connectivity index (χ3v) is 7.61. The standard InChI is InChI=1S/C20H28N4O6S4/c1-21(2)9-11-29-13(25)5-7-23-17(27)15(33-19(23)31)16-18(28)24(20(32)34-16)8-6-14(26)30-12-10-22(3)4/h5-12H2,1-4H3/b16-15-. The topological polar surface area (TPSA) is 99.7 Å². The van der Waals surface area contributed by atoms with Gasteiger partial charge >= 0.3 is 11.9 Å². The normalized spacial score (nSPS) is 18.6. The number of thioether (sulfide) groups is 2. The number of hydrogen-bond acceptors (Lipinski definition) is 12. The molecule has 10 nitrogen and oxygen atoms in total. The molecule has 2 saturated heterocycles. The molecule has 2 aliphatic heterocycles. The zero-order chi connectivity index (χ0) is 25.4. The second-order valence-corrected chi connectivity index (χ2v) is 11.1. The molecule has 2 amide bonds. The molecule has 0 unspecified atom stereocenters. The molecule has 34 heavy (non-hydrogen) atoms. The first-order chi connectivity index (χ1) is 16.0. The van der Waals surface area contributed by atoms with Crippen molar-refractivity contribution in [2.24, 2.45) is 0 Å². The molecule has 0 aliphatic carbocycles. The van der Waals surface area contributed by atoms with Gasteiger partial charge in [0.25, 0.3) is 11.8 Å². The van der Waals surface area contributed by atoms with E-state index in [9.17, 15) is 19.2 Å². The van der Waals surface area contributed by atoms with E-state index in [1.165, 1.54) is 9.80 Å². The van der Waals surface area contributed by atoms with Crippen LogP contribution >= 0.6 is 48.0 Å². The molecule has 14 heteroatoms. The molecule has 0 saturated carbocycles. The van der Waals surface area contributed by atoms with Crippen LogP contribution in [0, 0.1) is 0 Å². The number of thiocarbonyl (C=S) groups is 2. The third kappa shape index (κ3) is 8.27. The van der Waals surface area contributed by atoms with Gasteiger partial charge in [-0.25, -0.2) is 0 Å². The van der Waals surface area contributed by atoms with Crippen LogP contribution in [0.25, 0.3) is 0 Å². The first kappa shape index (κ1) is 28.7. The molecule has 0 radical (unpaired) electrons. The number of carbonyl (C=O) groups is 4. The van der Waals surface area contributed by atoms with E-state index in [4.69, 9.17) is 33.9 Å². The summed E-state index contributed by atoms with van der Waals surface area (Å²) in [6.45, 7) is 1.85. The first-order valence-corrected chi connectivity index (χ1v) is 12.9. The number of hydrogen-bond donors (Lipinski definition) is 0. The number of nitrogens with zero attached hydrogens (tertiary/aromatic N) is 4. The minimum absolute atomic E-state index is 0.00988. The van der Waals surface area contributed by atoms with Crippen molar-refractivity contribution in [3.8, 4) is 0 Å². The molecule has 0 N–H and O–H groups in total. The maximum absolute atomic E-state index is 12.9. The van der Waals surface area contributed by atoms with Crippen molar-refractivity contribution < 1.29 is 28.7 Å². The summed E-state index contributed by atoms with van der Waals surface area (Å²) in [5.41, 5.74) is 0. The lowest BCUT2D eigenvalue weighted by atomic mass is 10.3. The molecule has 2 aliphatic rings. The summed E-state index contributed by atoms with van der Waals surface area (Å²) in [7, 11) is 7.48. The predicted molar refractivity (Wildman–Crippen MR) is 139 cm³/mol. The Morgan fingerprint density at radius 3 is 1.44 bits per heavy atom. The van der Waals surface area contributed by atoms with Gasteiger partial charge < -0.3 is 19.3 Å². The summed E-state index contributed by atoms with van der Waals surface area (Å²) < 4.78 is 10.8. The molecule has 0 atom stereocenters. The van der Waals surface area contributed by atoms with E-state index in [0.717, 1.165) is 23.5 Å². The Bertz CT molecular complexity index is 822. The molecular formula is C20H28N4O6S4. The number of likely N-dealkylation sites (N-methyl/N-ethyl adjacent to an activating group) is 2. The van der Waals surface area contributed by atoms with Crippen molar-refractivity contribution in [1.29, 1.82) is 0 Å². The Morgan fingerprint density at radius 1 is 0.765 bits per heavy atom. The minimum Gasteiger partial charge on any atom is -0.464 e. The Labute approximate surface area is 218 Å². The van der Waals surface area contributed by atoms with Gasteiger partial charge in [0.15, 0.2) is 0 Å². The van der Waals surface area contributed by atoms with E-state index in [2.05, 4.69) is 0 Å². The fourth-order valence-electron chi connectivity index (χ4n) is 2.69. The molecule has 188 valence electrons. The number of carbonyl (C=O) groups excluding carboxylic acids is 4. The summed E-state index contributed by atoms with van der Waals surface area (Å²) in [5.74, 6) is -1.75. The summed E-state index contributed by atoms with van der Waals surface area (Å²) in [6, 6.07) is 0. The average Bonchev–Trinajstić information content (AvgIpc) is 3.18. The molecule has 0 aromatic carbocycles. The SMILES string of the molecule is CN(C)CCOC(=O)CCN1C(=O)/C(=C2/SC(=S)N(CCC(=O)OCCN(C)C)C2=O)SC1=S. The second-order valence-electron chi connectivity index (χ2n) is 7.86. The number of ether oxygens (including phenoxy) is 2. The summed E-state index contributed by atoms with van der Waals surface area (Å²) in [6.07, 6.45) is -0.0198. The molecule has 0 aromatic rings. The van der Waals surface area contributed by atoms with Gasteiger partial charge in [0, 0.05) is 26.2 Å². The van der Waals surface area contributed by atoms with Crippen LogP contribution in [-0.2, 0) is 28.7 Å². The minimum atomic E-state index is -0.445. The molecule has 2 fully saturated rings. The maximum Gasteiger partial charge on any atom is 0.307 e. The van der Waals surface area contributed by atoms with Crippen molar-refractivity contribution in [2.45, 2.75) is 12.8 Å². The Morgan fingerprint density at radius 2 is 1.12 bits per heavy atom. The second kappa shape index (κ2) is 13.5. The van der Waals surface area contributed by atoms with Gasteiger partial charge in [-0.3, -0.25) is 29.0 Å². The highest BCUT2D eigenvalue weighted by Crippen LogP contribution is 2.42. The van der Waals surface area contributed by atoms with Gasteiger partial charge in [-0.05, 0) is 28.2 Å². The molecule has 0 bridgehead atoms. The fraction of sp³-hybridized carbons (Fsp3) is 0.600. The van der Waals surface area contributed by atoms with E-state index in [0.29, 0.717) is 13.1 Å². The van der Waals surface area contributed by atoms with E-state index < -0.39 is 23.8 Å². The van der Waals surface area contributed by atoms with Gasteiger partial charge in [-0.1, -0.05) is 48.0 Å². The number of rotatable bonds is 12. The van der Waals surface area contributed by atoms with Crippen LogP contribution in [-0.4, -0.2) is 120 Å². The molecular weight excluding hydrogens is 521 g/mol. The van der Waals surface area contributed by atoms with Crippen molar-refractivity contribution in [3.63, 3.8) is 0 Å². The first-order valence-electron chi connectivity index (χ1n) is 10.4. The highest BCUT2D eigenvalue weighted by Gasteiger charge is 2.42. The van der Waals surface area contributed by atoms with E-state index in [1.54, 1.807) is 0 Å². The van der Waals surface area contributed by atoms with Crippen LogP contribution in [0.3, 0.4) is 0 Å². The van der Waals surface area contributed by atoms with Crippen LogP contribution in [0.5, 0.6) is 0 Å². The summed E-state index contributed by atoms with van der Waals surface area (Å²) >= 11 is 12.6. The molecule has 0 spiro atoms. The maximum atomic E-state index is 12.9. The van der Waals surface area contributed by atoms with Crippen molar-refractivity contribution in [1.82, 2.24) is 19.6 Å². The van der Waals surface area contributed by atoms with Crippen LogP contribution in [0.2, 0.25) is 0 Å². The van der Waals surface area contributed by atoms with Gasteiger partial charge in [-0.15, -0.1) is 0 Å².